The summed E-state index contributed by atoms with van der Waals surface area (Å²) >= 11 is 0. The molecule has 2 rings (SSSR count). The molecule has 1 aliphatic rings. The highest BCUT2D eigenvalue weighted by atomic mass is 16.3. The fourth-order valence-corrected chi connectivity index (χ4v) is 2.61. The van der Waals surface area contributed by atoms with Gasteiger partial charge in [-0.1, -0.05) is 25.1 Å². The van der Waals surface area contributed by atoms with Crippen LogP contribution in [-0.2, 0) is 6.42 Å². The molecule has 3 heteroatoms. The van der Waals surface area contributed by atoms with Gasteiger partial charge in [-0.15, -0.1) is 0 Å². The molecule has 1 aromatic carbocycles. The number of hydrogen-bond acceptors (Lipinski definition) is 3. The van der Waals surface area contributed by atoms with Crippen LogP contribution in [0.2, 0.25) is 0 Å². The number of hydrogen-bond donors (Lipinski definition) is 2. The van der Waals surface area contributed by atoms with Crippen molar-refractivity contribution >= 4 is 5.69 Å². The van der Waals surface area contributed by atoms with Gasteiger partial charge in [0.05, 0.1) is 12.1 Å². The van der Waals surface area contributed by atoms with Crippen molar-refractivity contribution in [3.8, 4) is 0 Å². The van der Waals surface area contributed by atoms with Crippen LogP contribution in [0.5, 0.6) is 0 Å². The molecular weight excluding hydrogens is 212 g/mol. The number of aryl methyl sites for hydroxylation is 1. The maximum absolute atomic E-state index is 9.39. The molecule has 1 heterocycles. The molecule has 0 spiro atoms. The molecule has 0 aliphatic carbocycles. The van der Waals surface area contributed by atoms with E-state index in [2.05, 4.69) is 36.1 Å². The van der Waals surface area contributed by atoms with Crippen molar-refractivity contribution in [3.63, 3.8) is 0 Å². The minimum Gasteiger partial charge on any atom is -0.394 e. The van der Waals surface area contributed by atoms with E-state index < -0.39 is 5.54 Å². The summed E-state index contributed by atoms with van der Waals surface area (Å²) in [4.78, 5) is 2.32. The van der Waals surface area contributed by atoms with Crippen molar-refractivity contribution in [2.75, 3.05) is 24.6 Å². The summed E-state index contributed by atoms with van der Waals surface area (Å²) in [5, 5.41) is 9.39. The third-order valence-corrected chi connectivity index (χ3v) is 3.64. The molecule has 1 aromatic rings. The fourth-order valence-electron chi connectivity index (χ4n) is 2.61. The van der Waals surface area contributed by atoms with Gasteiger partial charge in [-0.2, -0.15) is 0 Å². The average molecular weight is 234 g/mol. The Morgan fingerprint density at radius 1 is 1.41 bits per heavy atom. The van der Waals surface area contributed by atoms with Gasteiger partial charge in [0, 0.05) is 18.8 Å². The lowest BCUT2D eigenvalue weighted by molar-refractivity contribution is 0.177. The Hall–Kier alpha value is -1.06. The molecule has 0 aromatic heterocycles. The minimum atomic E-state index is -0.431. The Labute approximate surface area is 103 Å². The van der Waals surface area contributed by atoms with Gasteiger partial charge in [-0.25, -0.2) is 0 Å². The van der Waals surface area contributed by atoms with Gasteiger partial charge >= 0.3 is 0 Å². The van der Waals surface area contributed by atoms with Crippen molar-refractivity contribution in [2.45, 2.75) is 31.7 Å². The van der Waals surface area contributed by atoms with E-state index >= 15 is 0 Å². The summed E-state index contributed by atoms with van der Waals surface area (Å²) in [6.45, 7) is 4.03. The average Bonchev–Trinajstić information content (AvgIpc) is 2.39. The maximum atomic E-state index is 9.39. The number of anilines is 1. The van der Waals surface area contributed by atoms with Gasteiger partial charge in [-0.05, 0) is 30.9 Å². The van der Waals surface area contributed by atoms with Crippen molar-refractivity contribution in [3.05, 3.63) is 29.8 Å². The summed E-state index contributed by atoms with van der Waals surface area (Å²) < 4.78 is 0. The molecule has 1 atom stereocenters. The minimum absolute atomic E-state index is 0.0673. The van der Waals surface area contributed by atoms with E-state index in [0.29, 0.717) is 0 Å². The van der Waals surface area contributed by atoms with Crippen LogP contribution in [0.25, 0.3) is 0 Å². The van der Waals surface area contributed by atoms with Gasteiger partial charge < -0.3 is 15.7 Å². The first-order chi connectivity index (χ1) is 8.18. The lowest BCUT2D eigenvalue weighted by Crippen LogP contribution is -2.57. The maximum Gasteiger partial charge on any atom is 0.0628 e. The molecule has 3 nitrogen and oxygen atoms in total. The molecule has 1 unspecified atom stereocenters. The normalized spacial score (nSPS) is 25.0. The van der Waals surface area contributed by atoms with Crippen molar-refractivity contribution < 1.29 is 5.11 Å². The first kappa shape index (κ1) is 12.4. The summed E-state index contributed by atoms with van der Waals surface area (Å²) in [5.41, 5.74) is 8.39. The van der Waals surface area contributed by atoms with E-state index in [1.807, 2.05) is 0 Å². The van der Waals surface area contributed by atoms with Crippen LogP contribution in [-0.4, -0.2) is 30.3 Å². The monoisotopic (exact) mass is 234 g/mol. The summed E-state index contributed by atoms with van der Waals surface area (Å²) in [5.74, 6) is 0. The van der Waals surface area contributed by atoms with E-state index in [0.717, 1.165) is 32.4 Å². The number of aliphatic hydroxyl groups excluding tert-OH is 1. The summed E-state index contributed by atoms with van der Waals surface area (Å²) in [6, 6.07) is 8.47. The van der Waals surface area contributed by atoms with E-state index in [9.17, 15) is 5.11 Å². The van der Waals surface area contributed by atoms with Crippen molar-refractivity contribution in [1.82, 2.24) is 0 Å². The lowest BCUT2D eigenvalue weighted by Gasteiger charge is -2.41. The molecule has 1 fully saturated rings. The van der Waals surface area contributed by atoms with Gasteiger partial charge in [0.1, 0.15) is 0 Å². The number of nitrogens with zero attached hydrogens (tertiary/aromatic N) is 1. The standard InChI is InChI=1S/C14H22N2O/c1-2-12-6-3-4-7-13(12)16-9-5-8-14(15,10-16)11-17/h3-4,6-7,17H,2,5,8-11,15H2,1H3. The largest absolute Gasteiger partial charge is 0.394 e. The number of rotatable bonds is 3. The van der Waals surface area contributed by atoms with Gasteiger partial charge in [0.2, 0.25) is 0 Å². The molecule has 1 aliphatic heterocycles. The van der Waals surface area contributed by atoms with E-state index in [1.54, 1.807) is 0 Å². The molecular formula is C14H22N2O. The highest BCUT2D eigenvalue weighted by molar-refractivity contribution is 5.54. The van der Waals surface area contributed by atoms with Crippen LogP contribution in [0, 0.1) is 0 Å². The van der Waals surface area contributed by atoms with Crippen molar-refractivity contribution in [1.29, 1.82) is 0 Å². The molecule has 0 saturated carbocycles. The van der Waals surface area contributed by atoms with Crippen LogP contribution in [0.3, 0.4) is 0 Å². The molecule has 1 saturated heterocycles. The SMILES string of the molecule is CCc1ccccc1N1CCCC(N)(CO)C1. The first-order valence-electron chi connectivity index (χ1n) is 6.41. The lowest BCUT2D eigenvalue weighted by atomic mass is 9.90. The molecule has 94 valence electrons. The van der Waals surface area contributed by atoms with Gasteiger partial charge in [0.25, 0.3) is 0 Å². The third kappa shape index (κ3) is 2.61. The second kappa shape index (κ2) is 5.07. The Kier molecular flexibility index (Phi) is 3.69. The zero-order valence-corrected chi connectivity index (χ0v) is 10.5. The molecule has 17 heavy (non-hydrogen) atoms. The van der Waals surface area contributed by atoms with Crippen LogP contribution < -0.4 is 10.6 Å². The van der Waals surface area contributed by atoms with Gasteiger partial charge in [-0.3, -0.25) is 0 Å². The third-order valence-electron chi connectivity index (χ3n) is 3.64. The first-order valence-corrected chi connectivity index (χ1v) is 6.41. The van der Waals surface area contributed by atoms with E-state index in [4.69, 9.17) is 5.73 Å². The van der Waals surface area contributed by atoms with E-state index in [-0.39, 0.29) is 6.61 Å². The predicted molar refractivity (Wildman–Crippen MR) is 71.3 cm³/mol. The molecule has 0 radical (unpaired) electrons. The van der Waals surface area contributed by atoms with Gasteiger partial charge in [0.15, 0.2) is 0 Å². The number of aliphatic hydroxyl groups is 1. The smallest absolute Gasteiger partial charge is 0.0628 e. The summed E-state index contributed by atoms with van der Waals surface area (Å²) in [7, 11) is 0. The number of benzene rings is 1. The van der Waals surface area contributed by atoms with Crippen LogP contribution in [0.4, 0.5) is 5.69 Å². The second-order valence-corrected chi connectivity index (χ2v) is 5.03. The zero-order valence-electron chi connectivity index (χ0n) is 10.5. The highest BCUT2D eigenvalue weighted by Crippen LogP contribution is 2.27. The van der Waals surface area contributed by atoms with Crippen LogP contribution in [0.1, 0.15) is 25.3 Å². The quantitative estimate of drug-likeness (QED) is 0.834. The zero-order chi connectivity index (χ0) is 12.3. The molecule has 3 N–H and O–H groups in total. The highest BCUT2D eigenvalue weighted by Gasteiger charge is 2.31. The number of para-hydroxylation sites is 1. The van der Waals surface area contributed by atoms with Crippen LogP contribution >= 0.6 is 0 Å². The predicted octanol–water partition coefficient (Wildman–Crippen LogP) is 1.54. The van der Waals surface area contributed by atoms with E-state index in [1.165, 1.54) is 11.3 Å². The Bertz CT molecular complexity index is 380. The number of piperidine rings is 1. The van der Waals surface area contributed by atoms with Crippen LogP contribution in [0.15, 0.2) is 24.3 Å². The summed E-state index contributed by atoms with van der Waals surface area (Å²) in [6.07, 6.45) is 2.99. The topological polar surface area (TPSA) is 49.5 Å². The molecule has 0 bridgehead atoms. The molecule has 0 amide bonds. The second-order valence-electron chi connectivity index (χ2n) is 5.03. The van der Waals surface area contributed by atoms with Crippen molar-refractivity contribution in [2.24, 2.45) is 5.73 Å². The Morgan fingerprint density at radius 3 is 2.88 bits per heavy atom. The number of nitrogens with two attached hydrogens (primary N) is 1. The Morgan fingerprint density at radius 2 is 2.18 bits per heavy atom. The Balaban J connectivity index is 2.22. The fraction of sp³-hybridized carbons (Fsp3) is 0.571.